The van der Waals surface area contributed by atoms with Crippen LogP contribution < -0.4 is 0 Å². The molecule has 0 aromatic rings. The molecule has 1 spiro atoms. The average molecular weight is 109 g/mol. The second-order valence-corrected chi connectivity index (χ2v) is 3.45. The summed E-state index contributed by atoms with van der Waals surface area (Å²) in [6.45, 7) is 1.42. The number of nitrogens with zero attached hydrogens (tertiary/aromatic N) is 1. The van der Waals surface area contributed by atoms with E-state index in [1.54, 1.807) is 0 Å². The van der Waals surface area contributed by atoms with Crippen LogP contribution in [0.4, 0.5) is 0 Å². The van der Waals surface area contributed by atoms with Crippen LogP contribution in [-0.4, -0.2) is 23.0 Å². The number of fused-ring (bicyclic) bond motifs is 3. The quantitative estimate of drug-likeness (QED) is 0.419. The van der Waals surface area contributed by atoms with Gasteiger partial charge >= 0.3 is 0 Å². The van der Waals surface area contributed by atoms with Crippen LogP contribution in [-0.2, 0) is 0 Å². The van der Waals surface area contributed by atoms with Gasteiger partial charge in [-0.1, -0.05) is 0 Å². The van der Waals surface area contributed by atoms with Gasteiger partial charge in [-0.05, 0) is 25.7 Å². The molecular weight excluding hydrogens is 98.1 g/mol. The third kappa shape index (κ3) is 0.202. The van der Waals surface area contributed by atoms with Gasteiger partial charge in [-0.15, -0.1) is 0 Å². The molecule has 1 heteroatoms. The van der Waals surface area contributed by atoms with Gasteiger partial charge in [0.1, 0.15) is 0 Å². The first-order valence-corrected chi connectivity index (χ1v) is 3.70. The summed E-state index contributed by atoms with van der Waals surface area (Å²) in [5.41, 5.74) is 0.833. The Labute approximate surface area is 49.7 Å². The van der Waals surface area contributed by atoms with E-state index in [0.717, 1.165) is 11.6 Å². The van der Waals surface area contributed by atoms with E-state index < -0.39 is 0 Å². The highest BCUT2D eigenvalue weighted by molar-refractivity contribution is 5.26. The maximum Gasteiger partial charge on any atom is 0.0369 e. The molecule has 0 aromatic heterocycles. The number of hydrogen-bond acceptors (Lipinski definition) is 1. The monoisotopic (exact) mass is 109 g/mol. The SMILES string of the molecule is C1CC2(C1)C1CCN12. The Balaban J connectivity index is 1.92. The van der Waals surface area contributed by atoms with Crippen molar-refractivity contribution < 1.29 is 0 Å². The molecule has 3 rings (SSSR count). The summed E-state index contributed by atoms with van der Waals surface area (Å²) < 4.78 is 0. The molecule has 0 aromatic carbocycles. The minimum Gasteiger partial charge on any atom is -0.291 e. The van der Waals surface area contributed by atoms with Gasteiger partial charge in [0.25, 0.3) is 0 Å². The normalized spacial score (nSPS) is 54.0. The van der Waals surface area contributed by atoms with Crippen molar-refractivity contribution in [3.8, 4) is 0 Å². The molecule has 8 heavy (non-hydrogen) atoms. The number of rotatable bonds is 0. The summed E-state index contributed by atoms with van der Waals surface area (Å²) in [5, 5.41) is 0. The van der Waals surface area contributed by atoms with Crippen LogP contribution in [0.25, 0.3) is 0 Å². The van der Waals surface area contributed by atoms with Crippen LogP contribution in [0.1, 0.15) is 25.7 Å². The minimum atomic E-state index is 0.833. The van der Waals surface area contributed by atoms with E-state index in [0.29, 0.717) is 0 Å². The second-order valence-electron chi connectivity index (χ2n) is 3.45. The molecule has 1 aliphatic carbocycles. The molecule has 1 nitrogen and oxygen atoms in total. The van der Waals surface area contributed by atoms with Gasteiger partial charge in [0.2, 0.25) is 0 Å². The predicted molar refractivity (Wildman–Crippen MR) is 31.7 cm³/mol. The van der Waals surface area contributed by atoms with Gasteiger partial charge in [-0.3, -0.25) is 4.90 Å². The zero-order valence-corrected chi connectivity index (χ0v) is 5.06. The lowest BCUT2D eigenvalue weighted by molar-refractivity contribution is 0.272. The number of hydrogen-bond donors (Lipinski definition) is 0. The largest absolute Gasteiger partial charge is 0.291 e. The van der Waals surface area contributed by atoms with Crippen molar-refractivity contribution in [2.24, 2.45) is 0 Å². The fourth-order valence-electron chi connectivity index (χ4n) is 2.55. The van der Waals surface area contributed by atoms with Crippen molar-refractivity contribution in [2.45, 2.75) is 37.3 Å². The zero-order chi connectivity index (χ0) is 5.19. The van der Waals surface area contributed by atoms with E-state index in [4.69, 9.17) is 0 Å². The molecule has 2 aliphatic heterocycles. The molecule has 3 fully saturated rings. The average Bonchev–Trinajstić information content (AvgIpc) is 2.00. The first kappa shape index (κ1) is 3.89. The fourth-order valence-corrected chi connectivity index (χ4v) is 2.55. The summed E-state index contributed by atoms with van der Waals surface area (Å²) in [5.74, 6) is 0. The van der Waals surface area contributed by atoms with E-state index in [-0.39, 0.29) is 0 Å². The van der Waals surface area contributed by atoms with Gasteiger partial charge < -0.3 is 0 Å². The van der Waals surface area contributed by atoms with E-state index in [1.807, 2.05) is 0 Å². The van der Waals surface area contributed by atoms with Crippen LogP contribution in [0.15, 0.2) is 0 Å². The van der Waals surface area contributed by atoms with E-state index in [9.17, 15) is 0 Å². The maximum atomic E-state index is 2.68. The van der Waals surface area contributed by atoms with Crippen molar-refractivity contribution in [2.75, 3.05) is 6.54 Å². The molecule has 2 saturated heterocycles. The van der Waals surface area contributed by atoms with Crippen molar-refractivity contribution in [3.05, 3.63) is 0 Å². The lowest BCUT2D eigenvalue weighted by Gasteiger charge is -2.24. The van der Waals surface area contributed by atoms with E-state index in [1.165, 1.54) is 32.2 Å². The van der Waals surface area contributed by atoms with E-state index in [2.05, 4.69) is 4.90 Å². The Morgan fingerprint density at radius 3 is 2.25 bits per heavy atom. The summed E-state index contributed by atoms with van der Waals surface area (Å²) in [4.78, 5) is 2.68. The third-order valence-electron chi connectivity index (χ3n) is 3.36. The smallest absolute Gasteiger partial charge is 0.0369 e. The topological polar surface area (TPSA) is 3.01 Å². The van der Waals surface area contributed by atoms with E-state index >= 15 is 0 Å². The molecule has 2 heterocycles. The Morgan fingerprint density at radius 1 is 1.38 bits per heavy atom. The first-order valence-electron chi connectivity index (χ1n) is 3.70. The molecule has 2 atom stereocenters. The molecule has 3 aliphatic rings. The highest BCUT2D eigenvalue weighted by Gasteiger charge is 2.69. The molecule has 1 saturated carbocycles. The van der Waals surface area contributed by atoms with Gasteiger partial charge in [0, 0.05) is 18.1 Å². The molecule has 0 N–H and O–H groups in total. The van der Waals surface area contributed by atoms with Crippen molar-refractivity contribution >= 4 is 0 Å². The van der Waals surface area contributed by atoms with Crippen LogP contribution in [0.3, 0.4) is 0 Å². The summed E-state index contributed by atoms with van der Waals surface area (Å²) in [6.07, 6.45) is 6.07. The van der Waals surface area contributed by atoms with Gasteiger partial charge in [-0.2, -0.15) is 0 Å². The van der Waals surface area contributed by atoms with Crippen LogP contribution in [0.5, 0.6) is 0 Å². The third-order valence-corrected chi connectivity index (χ3v) is 3.36. The Bertz CT molecular complexity index is 125. The van der Waals surface area contributed by atoms with Crippen LogP contribution >= 0.6 is 0 Å². The highest BCUT2D eigenvalue weighted by atomic mass is 15.5. The maximum absolute atomic E-state index is 2.68. The lowest BCUT2D eigenvalue weighted by atomic mass is 9.82. The fraction of sp³-hybridized carbons (Fsp3) is 1.00. The Morgan fingerprint density at radius 2 is 2.12 bits per heavy atom. The summed E-state index contributed by atoms with van der Waals surface area (Å²) >= 11 is 0. The molecule has 0 bridgehead atoms. The standard InChI is InChI=1S/C7H11N/c1-3-7(4-1)6-2-5-8(6)7/h6H,1-5H2. The highest BCUT2D eigenvalue weighted by Crippen LogP contribution is 2.61. The van der Waals surface area contributed by atoms with Crippen molar-refractivity contribution in [1.82, 2.24) is 4.90 Å². The molecule has 0 amide bonds. The first-order chi connectivity index (χ1) is 3.93. The van der Waals surface area contributed by atoms with Gasteiger partial charge in [0.05, 0.1) is 0 Å². The summed E-state index contributed by atoms with van der Waals surface area (Å²) in [7, 11) is 0. The van der Waals surface area contributed by atoms with Crippen molar-refractivity contribution in [1.29, 1.82) is 0 Å². The van der Waals surface area contributed by atoms with Crippen LogP contribution in [0.2, 0.25) is 0 Å². The predicted octanol–water partition coefficient (Wildman–Crippen LogP) is 0.997. The Hall–Kier alpha value is -0.0400. The molecule has 0 radical (unpaired) electrons. The molecule has 44 valence electrons. The Kier molecular flexibility index (Phi) is 0.418. The summed E-state index contributed by atoms with van der Waals surface area (Å²) in [6, 6.07) is 1.08. The van der Waals surface area contributed by atoms with Gasteiger partial charge in [0.15, 0.2) is 0 Å². The minimum absolute atomic E-state index is 0.833. The second kappa shape index (κ2) is 0.860. The lowest BCUT2D eigenvalue weighted by Crippen LogP contribution is -2.25. The van der Waals surface area contributed by atoms with Gasteiger partial charge in [-0.25, -0.2) is 0 Å². The molecule has 2 unspecified atom stereocenters. The van der Waals surface area contributed by atoms with Crippen LogP contribution in [0, 0.1) is 0 Å². The molecular formula is C7H11N. The van der Waals surface area contributed by atoms with Crippen molar-refractivity contribution in [3.63, 3.8) is 0 Å². The zero-order valence-electron chi connectivity index (χ0n) is 5.06.